The highest BCUT2D eigenvalue weighted by atomic mass is 32.2. The van der Waals surface area contributed by atoms with Crippen LogP contribution in [0.25, 0.3) is 11.7 Å². The summed E-state index contributed by atoms with van der Waals surface area (Å²) in [6.07, 6.45) is 0.456. The first-order valence-electron chi connectivity index (χ1n) is 8.79. The number of nitrogens with one attached hydrogen (secondary N) is 1. The topological polar surface area (TPSA) is 87.1 Å². The maximum absolute atomic E-state index is 13.5. The standard InChI is InChI=1S/C19H18F5N5OS/c1-4-31-14(6-13(8-25)30-17(2,3)10-26)5-12-9-29-11-27-15(7-16(29)28-12)18(20,21)19(22,23)24/h5-9,11,25H,4H2,1-3H3/b13-6+,14-5-,25-8?. The summed E-state index contributed by atoms with van der Waals surface area (Å²) in [6, 6.07) is 2.53. The van der Waals surface area contributed by atoms with Crippen LogP contribution in [-0.2, 0) is 10.7 Å². The quantitative estimate of drug-likeness (QED) is 0.250. The summed E-state index contributed by atoms with van der Waals surface area (Å²) in [6.45, 7) is 4.93. The molecule has 6 nitrogen and oxygen atoms in total. The summed E-state index contributed by atoms with van der Waals surface area (Å²) in [4.78, 5) is 7.86. The lowest BCUT2D eigenvalue weighted by atomic mass is 10.2. The van der Waals surface area contributed by atoms with Crippen molar-refractivity contribution >= 4 is 29.7 Å². The third-order valence-corrected chi connectivity index (χ3v) is 4.57. The van der Waals surface area contributed by atoms with Crippen LogP contribution in [0.1, 0.15) is 32.2 Å². The number of alkyl halides is 5. The molecule has 0 radical (unpaired) electrons. The molecule has 0 saturated carbocycles. The minimum atomic E-state index is -5.77. The van der Waals surface area contributed by atoms with Gasteiger partial charge in [-0.2, -0.15) is 27.2 Å². The average Bonchev–Trinajstić information content (AvgIpc) is 3.07. The van der Waals surface area contributed by atoms with E-state index >= 15 is 0 Å². The van der Waals surface area contributed by atoms with Gasteiger partial charge in [0.15, 0.2) is 5.60 Å². The minimum absolute atomic E-state index is 0.108. The first-order chi connectivity index (χ1) is 14.3. The third-order valence-electron chi connectivity index (χ3n) is 3.71. The Morgan fingerprint density at radius 2 is 2.00 bits per heavy atom. The number of halogens is 5. The van der Waals surface area contributed by atoms with Crippen molar-refractivity contribution in [2.45, 2.75) is 38.5 Å². The highest BCUT2D eigenvalue weighted by Gasteiger charge is 2.60. The molecule has 166 valence electrons. The summed E-state index contributed by atoms with van der Waals surface area (Å²) in [7, 11) is 0. The number of nitrogens with zero attached hydrogens (tertiary/aromatic N) is 4. The average molecular weight is 459 g/mol. The Bertz CT molecular complexity index is 1070. The van der Waals surface area contributed by atoms with E-state index in [9.17, 15) is 22.0 Å². The van der Waals surface area contributed by atoms with Gasteiger partial charge in [0, 0.05) is 17.2 Å². The molecule has 0 aliphatic carbocycles. The van der Waals surface area contributed by atoms with Crippen molar-refractivity contribution in [3.63, 3.8) is 0 Å². The molecule has 0 spiro atoms. The highest BCUT2D eigenvalue weighted by Crippen LogP contribution is 2.43. The summed E-state index contributed by atoms with van der Waals surface area (Å²) < 4.78 is 71.6. The molecule has 0 aromatic carbocycles. The molecule has 2 rings (SSSR count). The lowest BCUT2D eigenvalue weighted by molar-refractivity contribution is -0.290. The Kier molecular flexibility index (Phi) is 7.10. The van der Waals surface area contributed by atoms with Crippen molar-refractivity contribution in [1.82, 2.24) is 14.4 Å². The number of aromatic nitrogens is 3. The second kappa shape index (κ2) is 9.05. The van der Waals surface area contributed by atoms with Gasteiger partial charge in [-0.05, 0) is 31.8 Å². The summed E-state index contributed by atoms with van der Waals surface area (Å²) in [5.74, 6) is -4.37. The number of thioether (sulfide) groups is 1. The number of fused-ring (bicyclic) bond motifs is 1. The second-order valence-electron chi connectivity index (χ2n) is 6.67. The molecular formula is C19H18F5N5OS. The molecule has 0 fully saturated rings. The van der Waals surface area contributed by atoms with Crippen molar-refractivity contribution in [1.29, 1.82) is 10.7 Å². The van der Waals surface area contributed by atoms with Gasteiger partial charge < -0.3 is 10.1 Å². The van der Waals surface area contributed by atoms with Gasteiger partial charge in [-0.15, -0.1) is 11.8 Å². The van der Waals surface area contributed by atoms with E-state index in [1.165, 1.54) is 42.3 Å². The number of hydrogen-bond donors (Lipinski definition) is 1. The fourth-order valence-corrected chi connectivity index (χ4v) is 3.03. The van der Waals surface area contributed by atoms with E-state index in [1.54, 1.807) is 6.08 Å². The maximum atomic E-state index is 13.5. The Morgan fingerprint density at radius 1 is 1.32 bits per heavy atom. The van der Waals surface area contributed by atoms with Gasteiger partial charge in [-0.1, -0.05) is 6.92 Å². The molecule has 0 aliphatic rings. The molecule has 0 unspecified atom stereocenters. The predicted molar refractivity (Wildman–Crippen MR) is 107 cm³/mol. The summed E-state index contributed by atoms with van der Waals surface area (Å²) >= 11 is 1.35. The van der Waals surface area contributed by atoms with Crippen molar-refractivity contribution in [3.05, 3.63) is 46.7 Å². The zero-order chi connectivity index (χ0) is 23.4. The van der Waals surface area contributed by atoms with Crippen LogP contribution in [0.2, 0.25) is 0 Å². The first-order valence-corrected chi connectivity index (χ1v) is 9.78. The molecular weight excluding hydrogens is 441 g/mol. The van der Waals surface area contributed by atoms with Crippen molar-refractivity contribution in [3.8, 4) is 6.07 Å². The number of rotatable bonds is 8. The number of nitriles is 1. The zero-order valence-electron chi connectivity index (χ0n) is 16.7. The predicted octanol–water partition coefficient (Wildman–Crippen LogP) is 5.33. The van der Waals surface area contributed by atoms with Gasteiger partial charge in [0.1, 0.15) is 29.5 Å². The molecule has 0 aliphatic heterocycles. The van der Waals surface area contributed by atoms with Gasteiger partial charge in [-0.25, -0.2) is 9.97 Å². The van der Waals surface area contributed by atoms with E-state index in [2.05, 4.69) is 9.97 Å². The highest BCUT2D eigenvalue weighted by molar-refractivity contribution is 8.03. The van der Waals surface area contributed by atoms with Crippen molar-refractivity contribution in [2.24, 2.45) is 0 Å². The minimum Gasteiger partial charge on any atom is -0.471 e. The lowest BCUT2D eigenvalue weighted by Gasteiger charge is -2.18. The van der Waals surface area contributed by atoms with Gasteiger partial charge in [-0.3, -0.25) is 4.40 Å². The van der Waals surface area contributed by atoms with E-state index < -0.39 is 23.4 Å². The monoisotopic (exact) mass is 459 g/mol. The Morgan fingerprint density at radius 3 is 2.55 bits per heavy atom. The van der Waals surface area contributed by atoms with Gasteiger partial charge in [0.2, 0.25) is 0 Å². The number of ether oxygens (including phenoxy) is 1. The Balaban J connectivity index is 2.45. The molecule has 12 heteroatoms. The fraction of sp³-hybridized carbons (Fsp3) is 0.368. The summed E-state index contributed by atoms with van der Waals surface area (Å²) in [5.41, 5.74) is -2.49. The Labute approximate surface area is 178 Å². The number of imidazole rings is 1. The molecule has 2 aromatic rings. The molecule has 0 atom stereocenters. The van der Waals surface area contributed by atoms with Crippen LogP contribution in [0.5, 0.6) is 0 Å². The number of allylic oxidation sites excluding steroid dienone is 2. The van der Waals surface area contributed by atoms with E-state index in [4.69, 9.17) is 15.4 Å². The Hall–Kier alpha value is -2.94. The third kappa shape index (κ3) is 5.81. The van der Waals surface area contributed by atoms with Gasteiger partial charge in [0.25, 0.3) is 0 Å². The van der Waals surface area contributed by atoms with Crippen molar-refractivity contribution in [2.75, 3.05) is 5.75 Å². The molecule has 0 amide bonds. The molecule has 1 N–H and O–H groups in total. The largest absolute Gasteiger partial charge is 0.471 e. The molecule has 0 bridgehead atoms. The van der Waals surface area contributed by atoms with Crippen LogP contribution < -0.4 is 0 Å². The van der Waals surface area contributed by atoms with Crippen LogP contribution in [-0.4, -0.2) is 38.1 Å². The molecule has 0 saturated heterocycles. The summed E-state index contributed by atoms with van der Waals surface area (Å²) in [5, 5.41) is 16.6. The molecule has 31 heavy (non-hydrogen) atoms. The van der Waals surface area contributed by atoms with Crippen LogP contribution in [0.3, 0.4) is 0 Å². The second-order valence-corrected chi connectivity index (χ2v) is 8.01. The zero-order valence-corrected chi connectivity index (χ0v) is 17.5. The van der Waals surface area contributed by atoms with Gasteiger partial charge in [0.05, 0.1) is 11.9 Å². The van der Waals surface area contributed by atoms with Crippen LogP contribution in [0.15, 0.2) is 35.3 Å². The SMILES string of the molecule is CCSC(=C\c1cn2cnc(C(F)(F)C(F)(F)F)cc2n1)/C=C(\C=N)OC(C)(C)C#N. The number of hydrogen-bond acceptors (Lipinski definition) is 6. The van der Waals surface area contributed by atoms with Crippen LogP contribution >= 0.6 is 11.8 Å². The van der Waals surface area contributed by atoms with Gasteiger partial charge >= 0.3 is 12.1 Å². The van der Waals surface area contributed by atoms with E-state index in [-0.39, 0.29) is 17.1 Å². The normalized spacial score (nSPS) is 13.9. The lowest BCUT2D eigenvalue weighted by Crippen LogP contribution is -2.34. The van der Waals surface area contributed by atoms with E-state index in [0.29, 0.717) is 16.7 Å². The maximum Gasteiger partial charge on any atom is 0.459 e. The van der Waals surface area contributed by atoms with Crippen LogP contribution in [0, 0.1) is 16.7 Å². The van der Waals surface area contributed by atoms with Crippen molar-refractivity contribution < 1.29 is 26.7 Å². The van der Waals surface area contributed by atoms with Crippen LogP contribution in [0.4, 0.5) is 22.0 Å². The molecule has 2 aromatic heterocycles. The smallest absolute Gasteiger partial charge is 0.459 e. The first kappa shape index (κ1) is 24.3. The molecule has 2 heterocycles. The van der Waals surface area contributed by atoms with E-state index in [0.717, 1.165) is 12.5 Å². The fourth-order valence-electron chi connectivity index (χ4n) is 2.29. The van der Waals surface area contributed by atoms with E-state index in [1.807, 2.05) is 13.0 Å².